The van der Waals surface area contributed by atoms with Gasteiger partial charge in [0, 0.05) is 12.8 Å². The van der Waals surface area contributed by atoms with Gasteiger partial charge in [0.05, 0.1) is 0 Å². The van der Waals surface area contributed by atoms with Gasteiger partial charge in [-0.05, 0) is 38.5 Å². The van der Waals surface area contributed by atoms with Gasteiger partial charge in [0.2, 0.25) is 0 Å². The van der Waals surface area contributed by atoms with E-state index in [-0.39, 0.29) is 0 Å². The minimum Gasteiger partial charge on any atom is -0.481 e. The first kappa shape index (κ1) is 45.5. The molecule has 0 spiro atoms. The molecule has 0 fully saturated rings. The van der Waals surface area contributed by atoms with Crippen molar-refractivity contribution in [2.24, 2.45) is 0 Å². The molecule has 0 aromatic heterocycles. The van der Waals surface area contributed by atoms with Crippen molar-refractivity contribution < 1.29 is 19.8 Å². The van der Waals surface area contributed by atoms with Gasteiger partial charge in [-0.1, -0.05) is 186 Å². The van der Waals surface area contributed by atoms with Crippen LogP contribution in [-0.4, -0.2) is 22.2 Å². The van der Waals surface area contributed by atoms with E-state index in [4.69, 9.17) is 10.2 Å². The summed E-state index contributed by atoms with van der Waals surface area (Å²) >= 11 is 0. The van der Waals surface area contributed by atoms with Crippen LogP contribution in [-0.2, 0) is 9.59 Å². The van der Waals surface area contributed by atoms with E-state index in [2.05, 4.69) is 13.2 Å². The van der Waals surface area contributed by atoms with E-state index in [1.807, 2.05) is 12.2 Å². The maximum absolute atomic E-state index is 10.4. The Bertz CT molecular complexity index is 615. The summed E-state index contributed by atoms with van der Waals surface area (Å²) in [6.07, 6.45) is 47.8. The zero-order valence-electron chi connectivity index (χ0n) is 30.0. The van der Waals surface area contributed by atoms with Crippen molar-refractivity contribution in [2.45, 2.75) is 225 Å². The fraction of sp³-hybridized carbons (Fsp3) is 0.854. The highest BCUT2D eigenvalue weighted by Gasteiger charge is 1.99. The first-order valence-corrected chi connectivity index (χ1v) is 19.7. The second kappa shape index (κ2) is 42.4. The molecule has 0 atom stereocenters. The van der Waals surface area contributed by atoms with Crippen molar-refractivity contribution in [2.75, 3.05) is 0 Å². The number of carboxylic acid groups (broad SMARTS) is 2. The Hall–Kier alpha value is -1.58. The van der Waals surface area contributed by atoms with Crippen molar-refractivity contribution >= 4 is 11.9 Å². The number of carboxylic acids is 2. The predicted molar refractivity (Wildman–Crippen MR) is 197 cm³/mol. The third kappa shape index (κ3) is 49.5. The highest BCUT2D eigenvalue weighted by molar-refractivity contribution is 5.66. The average Bonchev–Trinajstić information content (AvgIpc) is 3.02. The molecule has 0 aliphatic heterocycles. The monoisotopic (exact) mass is 635 g/mol. The summed E-state index contributed by atoms with van der Waals surface area (Å²) in [5.74, 6) is -1.31. The van der Waals surface area contributed by atoms with Gasteiger partial charge >= 0.3 is 11.9 Å². The summed E-state index contributed by atoms with van der Waals surface area (Å²) in [5, 5.41) is 17.1. The Morgan fingerprint density at radius 3 is 0.622 bits per heavy atom. The second-order valence-corrected chi connectivity index (χ2v) is 13.4. The van der Waals surface area contributed by atoms with Crippen molar-refractivity contribution in [1.29, 1.82) is 0 Å². The lowest BCUT2D eigenvalue weighted by molar-refractivity contribution is -0.138. The summed E-state index contributed by atoms with van der Waals surface area (Å²) in [5.41, 5.74) is 0. The van der Waals surface area contributed by atoms with Crippen LogP contribution in [0.2, 0.25) is 0 Å². The molecule has 0 aromatic rings. The Morgan fingerprint density at radius 2 is 0.467 bits per heavy atom. The molecule has 0 aromatic carbocycles. The fourth-order valence-electron chi connectivity index (χ4n) is 5.90. The third-order valence-corrected chi connectivity index (χ3v) is 8.85. The second-order valence-electron chi connectivity index (χ2n) is 13.4. The SMILES string of the molecule is C=CCCCCCCCCCCCCCCCCCC(=O)O.C=CCCCCCCCCCCCCCCCCCCC(=O)O. The van der Waals surface area contributed by atoms with Gasteiger partial charge in [-0.15, -0.1) is 13.2 Å². The maximum Gasteiger partial charge on any atom is 0.303 e. The van der Waals surface area contributed by atoms with Crippen LogP contribution in [0.3, 0.4) is 0 Å². The van der Waals surface area contributed by atoms with Gasteiger partial charge in [0.15, 0.2) is 0 Å². The van der Waals surface area contributed by atoms with Gasteiger partial charge in [0.1, 0.15) is 0 Å². The fourth-order valence-corrected chi connectivity index (χ4v) is 5.90. The maximum atomic E-state index is 10.4. The molecule has 45 heavy (non-hydrogen) atoms. The van der Waals surface area contributed by atoms with Crippen LogP contribution >= 0.6 is 0 Å². The van der Waals surface area contributed by atoms with Gasteiger partial charge in [0.25, 0.3) is 0 Å². The number of allylic oxidation sites excluding steroid dienone is 2. The molecule has 4 nitrogen and oxygen atoms in total. The lowest BCUT2D eigenvalue weighted by Crippen LogP contribution is -1.93. The third-order valence-electron chi connectivity index (χ3n) is 8.85. The molecule has 0 unspecified atom stereocenters. The summed E-state index contributed by atoms with van der Waals surface area (Å²) in [4.78, 5) is 20.7. The lowest BCUT2D eigenvalue weighted by atomic mass is 10.0. The van der Waals surface area contributed by atoms with Gasteiger partial charge < -0.3 is 10.2 Å². The predicted octanol–water partition coefficient (Wildman–Crippen LogP) is 14.2. The quantitative estimate of drug-likeness (QED) is 0.0526. The number of aliphatic carboxylic acids is 2. The molecule has 0 saturated carbocycles. The molecule has 0 bridgehead atoms. The van der Waals surface area contributed by atoms with E-state index in [9.17, 15) is 9.59 Å². The number of hydrogen-bond donors (Lipinski definition) is 2. The first-order chi connectivity index (χ1) is 22.0. The van der Waals surface area contributed by atoms with Crippen molar-refractivity contribution in [3.63, 3.8) is 0 Å². The van der Waals surface area contributed by atoms with E-state index < -0.39 is 11.9 Å². The first-order valence-electron chi connectivity index (χ1n) is 19.7. The van der Waals surface area contributed by atoms with Crippen LogP contribution < -0.4 is 0 Å². The molecular formula is C41H78O4. The normalized spacial score (nSPS) is 10.8. The molecule has 0 heterocycles. The molecular weight excluding hydrogens is 556 g/mol. The largest absolute Gasteiger partial charge is 0.481 e. The van der Waals surface area contributed by atoms with Crippen LogP contribution in [0.15, 0.2) is 25.3 Å². The molecule has 0 saturated heterocycles. The summed E-state index contributed by atoms with van der Waals surface area (Å²) in [7, 11) is 0. The van der Waals surface area contributed by atoms with Gasteiger partial charge in [-0.3, -0.25) is 9.59 Å². The molecule has 4 heteroatoms. The summed E-state index contributed by atoms with van der Waals surface area (Å²) in [6.45, 7) is 7.51. The van der Waals surface area contributed by atoms with E-state index in [0.717, 1.165) is 25.7 Å². The van der Waals surface area contributed by atoms with Crippen molar-refractivity contribution in [3.05, 3.63) is 25.3 Å². The number of hydrogen-bond acceptors (Lipinski definition) is 2. The molecule has 2 N–H and O–H groups in total. The highest BCUT2D eigenvalue weighted by Crippen LogP contribution is 2.15. The Kier molecular flexibility index (Phi) is 42.9. The molecule has 266 valence electrons. The minimum absolute atomic E-state index is 0.342. The molecule has 0 aliphatic carbocycles. The molecule has 0 radical (unpaired) electrons. The zero-order valence-corrected chi connectivity index (χ0v) is 30.0. The van der Waals surface area contributed by atoms with Gasteiger partial charge in [-0.25, -0.2) is 0 Å². The van der Waals surface area contributed by atoms with E-state index in [0.29, 0.717) is 12.8 Å². The van der Waals surface area contributed by atoms with Crippen LogP contribution in [0.5, 0.6) is 0 Å². The summed E-state index contributed by atoms with van der Waals surface area (Å²) < 4.78 is 0. The molecule has 0 rings (SSSR count). The van der Waals surface area contributed by atoms with Crippen molar-refractivity contribution in [3.8, 4) is 0 Å². The standard InChI is InChI=1S/C21H40O2.C20H38O2/c1-2-3-4-5-6-7-8-9-10-11-12-13-14-15-16-17-18-19-20-21(22)23;1-2-3-4-5-6-7-8-9-10-11-12-13-14-15-16-17-18-19-20(21)22/h2H,1,3-20H2,(H,22,23);2H,1,3-19H2,(H,21,22). The Labute approximate surface area is 281 Å². The number of unbranched alkanes of at least 4 members (excludes halogenated alkanes) is 31. The summed E-state index contributed by atoms with van der Waals surface area (Å²) in [6, 6.07) is 0. The number of rotatable bonds is 37. The Balaban J connectivity index is 0. The van der Waals surface area contributed by atoms with Gasteiger partial charge in [-0.2, -0.15) is 0 Å². The van der Waals surface area contributed by atoms with E-state index >= 15 is 0 Å². The highest BCUT2D eigenvalue weighted by atomic mass is 16.4. The van der Waals surface area contributed by atoms with Crippen LogP contribution in [0.25, 0.3) is 0 Å². The van der Waals surface area contributed by atoms with E-state index in [1.165, 1.54) is 186 Å². The smallest absolute Gasteiger partial charge is 0.303 e. The van der Waals surface area contributed by atoms with Crippen LogP contribution in [0, 0.1) is 0 Å². The average molecular weight is 635 g/mol. The van der Waals surface area contributed by atoms with Crippen LogP contribution in [0.4, 0.5) is 0 Å². The van der Waals surface area contributed by atoms with Crippen molar-refractivity contribution in [1.82, 2.24) is 0 Å². The lowest BCUT2D eigenvalue weighted by Gasteiger charge is -2.03. The molecule has 0 aliphatic rings. The van der Waals surface area contributed by atoms with Crippen LogP contribution in [0.1, 0.15) is 225 Å². The molecule has 0 amide bonds. The van der Waals surface area contributed by atoms with E-state index in [1.54, 1.807) is 0 Å². The topological polar surface area (TPSA) is 74.6 Å². The minimum atomic E-state index is -0.656. The number of carbonyl (C=O) groups is 2. The Morgan fingerprint density at radius 1 is 0.311 bits per heavy atom. The zero-order chi connectivity index (χ0) is 33.3.